The van der Waals surface area contributed by atoms with Gasteiger partial charge in [0.05, 0.1) is 11.9 Å². The van der Waals surface area contributed by atoms with Gasteiger partial charge in [0.2, 0.25) is 0 Å². The van der Waals surface area contributed by atoms with E-state index in [9.17, 15) is 13.5 Å². The lowest BCUT2D eigenvalue weighted by Crippen LogP contribution is -2.52. The van der Waals surface area contributed by atoms with Crippen LogP contribution in [-0.4, -0.2) is 37.7 Å². The van der Waals surface area contributed by atoms with E-state index in [1.54, 1.807) is 6.92 Å². The summed E-state index contributed by atoms with van der Waals surface area (Å²) in [5.74, 6) is 0.398. The van der Waals surface area contributed by atoms with Crippen LogP contribution in [0.5, 0.6) is 0 Å². The van der Waals surface area contributed by atoms with E-state index in [0.717, 1.165) is 19.3 Å². The molecule has 2 atom stereocenters. The molecule has 114 valence electrons. The molecule has 0 radical (unpaired) electrons. The lowest BCUT2D eigenvalue weighted by Gasteiger charge is -2.49. The number of aliphatic hydroxyl groups excluding tert-OH is 1. The van der Waals surface area contributed by atoms with Crippen molar-refractivity contribution in [3.05, 3.63) is 0 Å². The van der Waals surface area contributed by atoms with Crippen molar-refractivity contribution in [2.45, 2.75) is 59.0 Å². The van der Waals surface area contributed by atoms with E-state index in [1.165, 1.54) is 0 Å². The maximum Gasteiger partial charge on any atom is 0.150 e. The number of sulfone groups is 1. The summed E-state index contributed by atoms with van der Waals surface area (Å²) in [6.07, 6.45) is 3.82. The monoisotopic (exact) mass is 291 g/mol. The van der Waals surface area contributed by atoms with Crippen LogP contribution in [0.3, 0.4) is 0 Å². The fraction of sp³-hybridized carbons (Fsp3) is 1.00. The summed E-state index contributed by atoms with van der Waals surface area (Å²) in [5, 5.41) is 10.6. The van der Waals surface area contributed by atoms with Crippen molar-refractivity contribution in [2.75, 3.05) is 18.1 Å². The van der Waals surface area contributed by atoms with Crippen LogP contribution in [-0.2, 0) is 9.84 Å². The molecule has 5 heteroatoms. The minimum absolute atomic E-state index is 0.124. The van der Waals surface area contributed by atoms with E-state index in [4.69, 9.17) is 5.73 Å². The van der Waals surface area contributed by atoms with Crippen molar-refractivity contribution in [1.82, 2.24) is 0 Å². The summed E-state index contributed by atoms with van der Waals surface area (Å²) in [5.41, 5.74) is 5.50. The zero-order valence-corrected chi connectivity index (χ0v) is 13.3. The molecule has 0 amide bonds. The van der Waals surface area contributed by atoms with Crippen LogP contribution in [0, 0.1) is 10.8 Å². The second-order valence-corrected chi connectivity index (χ2v) is 9.12. The number of aliphatic hydroxyl groups is 1. The van der Waals surface area contributed by atoms with Crippen molar-refractivity contribution in [3.63, 3.8) is 0 Å². The van der Waals surface area contributed by atoms with Crippen LogP contribution in [0.4, 0.5) is 0 Å². The minimum atomic E-state index is -2.92. The molecular formula is C14H29NO3S. The van der Waals surface area contributed by atoms with E-state index in [2.05, 4.69) is 13.8 Å². The molecule has 0 aliphatic heterocycles. The van der Waals surface area contributed by atoms with Gasteiger partial charge in [0.25, 0.3) is 0 Å². The molecule has 1 saturated carbocycles. The average molecular weight is 291 g/mol. The molecule has 19 heavy (non-hydrogen) atoms. The third kappa shape index (κ3) is 3.92. The smallest absolute Gasteiger partial charge is 0.150 e. The Kier molecular flexibility index (Phi) is 5.43. The van der Waals surface area contributed by atoms with Crippen LogP contribution in [0.15, 0.2) is 0 Å². The van der Waals surface area contributed by atoms with Crippen molar-refractivity contribution in [2.24, 2.45) is 16.6 Å². The third-order valence-corrected chi connectivity index (χ3v) is 6.58. The van der Waals surface area contributed by atoms with Crippen molar-refractivity contribution in [1.29, 1.82) is 0 Å². The Hall–Kier alpha value is -0.130. The summed E-state index contributed by atoms with van der Waals surface area (Å²) in [6, 6.07) is 0. The van der Waals surface area contributed by atoms with Crippen molar-refractivity contribution in [3.8, 4) is 0 Å². The lowest BCUT2D eigenvalue weighted by molar-refractivity contribution is -0.0926. The van der Waals surface area contributed by atoms with Crippen LogP contribution in [0.25, 0.3) is 0 Å². The predicted molar refractivity (Wildman–Crippen MR) is 78.7 cm³/mol. The van der Waals surface area contributed by atoms with Gasteiger partial charge in [0, 0.05) is 17.7 Å². The van der Waals surface area contributed by atoms with Gasteiger partial charge >= 0.3 is 0 Å². The SMILES string of the molecule is CCS(=O)(=O)CCCC1(CN)CCCC(C)(C)C1O. The Morgan fingerprint density at radius 1 is 1.32 bits per heavy atom. The van der Waals surface area contributed by atoms with Gasteiger partial charge in [-0.25, -0.2) is 8.42 Å². The van der Waals surface area contributed by atoms with E-state index >= 15 is 0 Å². The van der Waals surface area contributed by atoms with Gasteiger partial charge in [-0.15, -0.1) is 0 Å². The average Bonchev–Trinajstić information content (AvgIpc) is 2.34. The molecule has 0 bridgehead atoms. The molecule has 3 N–H and O–H groups in total. The highest BCUT2D eigenvalue weighted by atomic mass is 32.2. The van der Waals surface area contributed by atoms with Crippen molar-refractivity contribution < 1.29 is 13.5 Å². The molecular weight excluding hydrogens is 262 g/mol. The number of nitrogens with two attached hydrogens (primary N) is 1. The summed E-state index contributed by atoms with van der Waals surface area (Å²) in [4.78, 5) is 0. The first-order chi connectivity index (χ1) is 8.69. The minimum Gasteiger partial charge on any atom is -0.392 e. The number of hydrogen-bond acceptors (Lipinski definition) is 4. The summed E-state index contributed by atoms with van der Waals surface area (Å²) in [7, 11) is -2.92. The highest BCUT2D eigenvalue weighted by molar-refractivity contribution is 7.91. The van der Waals surface area contributed by atoms with Crippen LogP contribution in [0.1, 0.15) is 52.9 Å². The van der Waals surface area contributed by atoms with E-state index in [1.807, 2.05) is 0 Å². The van der Waals surface area contributed by atoms with Gasteiger partial charge in [-0.3, -0.25) is 0 Å². The largest absolute Gasteiger partial charge is 0.392 e. The normalized spacial score (nSPS) is 31.3. The van der Waals surface area contributed by atoms with Gasteiger partial charge in [-0.2, -0.15) is 0 Å². The van der Waals surface area contributed by atoms with Gasteiger partial charge < -0.3 is 10.8 Å². The Bertz CT molecular complexity index is 391. The number of hydrogen-bond donors (Lipinski definition) is 2. The van der Waals surface area contributed by atoms with Crippen LogP contribution in [0.2, 0.25) is 0 Å². The van der Waals surface area contributed by atoms with Gasteiger partial charge in [-0.1, -0.05) is 27.2 Å². The predicted octanol–water partition coefficient (Wildman–Crippen LogP) is 1.72. The molecule has 0 heterocycles. The molecule has 2 unspecified atom stereocenters. The molecule has 0 saturated heterocycles. The Morgan fingerprint density at radius 2 is 1.95 bits per heavy atom. The molecule has 1 aliphatic rings. The zero-order valence-electron chi connectivity index (χ0n) is 12.5. The van der Waals surface area contributed by atoms with Gasteiger partial charge in [0.15, 0.2) is 0 Å². The molecule has 1 aliphatic carbocycles. The van der Waals surface area contributed by atoms with Gasteiger partial charge in [-0.05, 0) is 31.1 Å². The molecule has 0 spiro atoms. The first kappa shape index (κ1) is 16.9. The fourth-order valence-electron chi connectivity index (χ4n) is 3.36. The highest BCUT2D eigenvalue weighted by Crippen LogP contribution is 2.48. The van der Waals surface area contributed by atoms with Crippen LogP contribution < -0.4 is 5.73 Å². The standard InChI is InChI=1S/C14H29NO3S/c1-4-19(17,18)10-6-9-14(11-15)8-5-7-13(2,3)12(14)16/h12,16H,4-11,15H2,1-3H3. The molecule has 0 aromatic rings. The quantitative estimate of drug-likeness (QED) is 0.781. The zero-order chi connectivity index (χ0) is 14.7. The Labute approximate surface area is 117 Å². The van der Waals surface area contributed by atoms with E-state index in [0.29, 0.717) is 19.4 Å². The summed E-state index contributed by atoms with van der Waals surface area (Å²) in [6.45, 7) is 6.25. The fourth-order valence-corrected chi connectivity index (χ4v) is 4.24. The van der Waals surface area contributed by atoms with Crippen LogP contribution >= 0.6 is 0 Å². The molecule has 1 rings (SSSR count). The Morgan fingerprint density at radius 3 is 2.47 bits per heavy atom. The summed E-state index contributed by atoms with van der Waals surface area (Å²) < 4.78 is 23.1. The Balaban J connectivity index is 2.71. The number of rotatable bonds is 6. The molecule has 4 nitrogen and oxygen atoms in total. The third-order valence-electron chi connectivity index (χ3n) is 4.79. The van der Waals surface area contributed by atoms with E-state index in [-0.39, 0.29) is 22.3 Å². The highest BCUT2D eigenvalue weighted by Gasteiger charge is 2.47. The van der Waals surface area contributed by atoms with Crippen molar-refractivity contribution >= 4 is 9.84 Å². The first-order valence-corrected chi connectivity index (χ1v) is 9.10. The molecule has 1 fully saturated rings. The first-order valence-electron chi connectivity index (χ1n) is 7.28. The van der Waals surface area contributed by atoms with E-state index < -0.39 is 15.9 Å². The maximum absolute atomic E-state index is 11.5. The molecule has 0 aromatic heterocycles. The second kappa shape index (κ2) is 6.10. The maximum atomic E-state index is 11.5. The van der Waals surface area contributed by atoms with Gasteiger partial charge in [0.1, 0.15) is 9.84 Å². The summed E-state index contributed by atoms with van der Waals surface area (Å²) >= 11 is 0. The topological polar surface area (TPSA) is 80.4 Å². The lowest BCUT2D eigenvalue weighted by atomic mass is 9.59. The second-order valence-electron chi connectivity index (χ2n) is 6.65. The molecule has 0 aromatic carbocycles.